The van der Waals surface area contributed by atoms with Crippen molar-refractivity contribution in [2.75, 3.05) is 14.2 Å². The summed E-state index contributed by atoms with van der Waals surface area (Å²) < 4.78 is 9.21. The average molecular weight is 228 g/mol. The van der Waals surface area contributed by atoms with Crippen molar-refractivity contribution in [1.82, 2.24) is 0 Å². The van der Waals surface area contributed by atoms with Crippen LogP contribution in [0.3, 0.4) is 0 Å². The molecule has 0 bridgehead atoms. The fraction of sp³-hybridized carbons (Fsp3) is 0.300. The number of aryl methyl sites for hydroxylation is 1. The van der Waals surface area contributed by atoms with Crippen LogP contribution in [0, 0.1) is 6.92 Å². The SMILES string of the molecule is COC(=O)/C(=C(/O)OC)c1ccc(C)s1. The van der Waals surface area contributed by atoms with E-state index in [0.29, 0.717) is 4.88 Å². The Hall–Kier alpha value is -1.49. The van der Waals surface area contributed by atoms with E-state index in [1.54, 1.807) is 6.07 Å². The Morgan fingerprint density at radius 3 is 2.40 bits per heavy atom. The van der Waals surface area contributed by atoms with Crippen LogP contribution >= 0.6 is 11.3 Å². The molecule has 4 nitrogen and oxygen atoms in total. The Morgan fingerprint density at radius 2 is 2.00 bits per heavy atom. The molecule has 82 valence electrons. The maximum atomic E-state index is 11.4. The number of carbonyl (C=O) groups is 1. The normalized spacial score (nSPS) is 11.9. The van der Waals surface area contributed by atoms with Crippen LogP contribution in [0.2, 0.25) is 0 Å². The van der Waals surface area contributed by atoms with Gasteiger partial charge in [0.05, 0.1) is 14.2 Å². The smallest absolute Gasteiger partial charge is 0.346 e. The highest BCUT2D eigenvalue weighted by Crippen LogP contribution is 2.26. The minimum atomic E-state index is -0.615. The van der Waals surface area contributed by atoms with Crippen LogP contribution in [-0.2, 0) is 14.3 Å². The summed E-state index contributed by atoms with van der Waals surface area (Å²) in [5.74, 6) is -1.04. The van der Waals surface area contributed by atoms with Gasteiger partial charge in [-0.3, -0.25) is 0 Å². The molecule has 1 aromatic rings. The molecule has 0 aliphatic carbocycles. The first-order valence-electron chi connectivity index (χ1n) is 4.22. The highest BCUT2D eigenvalue weighted by Gasteiger charge is 2.20. The van der Waals surface area contributed by atoms with E-state index in [2.05, 4.69) is 9.47 Å². The van der Waals surface area contributed by atoms with Gasteiger partial charge in [-0.2, -0.15) is 0 Å². The largest absolute Gasteiger partial charge is 0.480 e. The molecule has 0 saturated heterocycles. The third-order valence-electron chi connectivity index (χ3n) is 1.78. The van der Waals surface area contributed by atoms with E-state index >= 15 is 0 Å². The Kier molecular flexibility index (Phi) is 3.74. The first-order valence-corrected chi connectivity index (χ1v) is 5.04. The van der Waals surface area contributed by atoms with Crippen molar-refractivity contribution in [1.29, 1.82) is 0 Å². The Morgan fingerprint density at radius 1 is 1.33 bits per heavy atom. The Labute approximate surface area is 91.8 Å². The minimum absolute atomic E-state index is 0.0538. The van der Waals surface area contributed by atoms with Crippen LogP contribution in [0.25, 0.3) is 5.57 Å². The fourth-order valence-corrected chi connectivity index (χ4v) is 1.96. The number of methoxy groups -OCH3 is 2. The predicted octanol–water partition coefficient (Wildman–Crippen LogP) is 2.10. The summed E-state index contributed by atoms with van der Waals surface area (Å²) in [5.41, 5.74) is 0.0538. The lowest BCUT2D eigenvalue weighted by atomic mass is 10.2. The molecule has 0 fully saturated rings. The van der Waals surface area contributed by atoms with Gasteiger partial charge in [0, 0.05) is 9.75 Å². The minimum Gasteiger partial charge on any atom is -0.480 e. The van der Waals surface area contributed by atoms with E-state index in [9.17, 15) is 9.90 Å². The van der Waals surface area contributed by atoms with Gasteiger partial charge in [0.1, 0.15) is 0 Å². The summed E-state index contributed by atoms with van der Waals surface area (Å²) in [6.45, 7) is 1.91. The number of esters is 1. The molecule has 1 rings (SSSR count). The molecule has 1 aromatic heterocycles. The zero-order chi connectivity index (χ0) is 11.4. The standard InChI is InChI=1S/C10H12O4S/c1-6-4-5-7(15-6)8(9(11)13-2)10(12)14-3/h4-5,11H,1-3H3/b9-8-. The summed E-state index contributed by atoms with van der Waals surface area (Å²) in [4.78, 5) is 13.1. The first kappa shape index (κ1) is 11.6. The molecule has 0 aromatic carbocycles. The molecule has 5 heteroatoms. The molecule has 0 radical (unpaired) electrons. The molecule has 0 amide bonds. The van der Waals surface area contributed by atoms with E-state index in [1.807, 2.05) is 13.0 Å². The Balaban J connectivity index is 3.19. The van der Waals surface area contributed by atoms with Crippen molar-refractivity contribution in [3.8, 4) is 0 Å². The molecule has 0 saturated carbocycles. The number of aliphatic hydroxyl groups is 1. The zero-order valence-corrected chi connectivity index (χ0v) is 9.55. The third kappa shape index (κ3) is 2.50. The molecular weight excluding hydrogens is 216 g/mol. The molecule has 0 aliphatic heterocycles. The molecule has 0 unspecified atom stereocenters. The summed E-state index contributed by atoms with van der Waals surface area (Å²) in [5, 5.41) is 9.45. The van der Waals surface area contributed by atoms with Crippen molar-refractivity contribution in [3.63, 3.8) is 0 Å². The van der Waals surface area contributed by atoms with Gasteiger partial charge in [-0.05, 0) is 19.1 Å². The lowest BCUT2D eigenvalue weighted by Gasteiger charge is -2.05. The van der Waals surface area contributed by atoms with Gasteiger partial charge >= 0.3 is 5.97 Å². The number of hydrogen-bond donors (Lipinski definition) is 1. The van der Waals surface area contributed by atoms with E-state index in [1.165, 1.54) is 25.6 Å². The van der Waals surface area contributed by atoms with Gasteiger partial charge in [0.15, 0.2) is 5.57 Å². The monoisotopic (exact) mass is 228 g/mol. The summed E-state index contributed by atoms with van der Waals surface area (Å²) in [6, 6.07) is 3.59. The Bertz CT molecular complexity index is 392. The van der Waals surface area contributed by atoms with Gasteiger partial charge < -0.3 is 14.6 Å². The number of carbonyl (C=O) groups excluding carboxylic acids is 1. The number of thiophene rings is 1. The highest BCUT2D eigenvalue weighted by molar-refractivity contribution is 7.13. The van der Waals surface area contributed by atoms with E-state index in [-0.39, 0.29) is 5.57 Å². The van der Waals surface area contributed by atoms with Gasteiger partial charge in [-0.25, -0.2) is 4.79 Å². The molecule has 1 N–H and O–H groups in total. The number of ether oxygens (including phenoxy) is 2. The van der Waals surface area contributed by atoms with Crippen molar-refractivity contribution >= 4 is 22.9 Å². The topological polar surface area (TPSA) is 55.8 Å². The van der Waals surface area contributed by atoms with Crippen molar-refractivity contribution < 1.29 is 19.4 Å². The lowest BCUT2D eigenvalue weighted by molar-refractivity contribution is -0.134. The van der Waals surface area contributed by atoms with E-state index in [0.717, 1.165) is 4.88 Å². The summed E-state index contributed by atoms with van der Waals surface area (Å²) in [7, 11) is 2.55. The predicted molar refractivity (Wildman–Crippen MR) is 57.6 cm³/mol. The number of rotatable bonds is 3. The van der Waals surface area contributed by atoms with Crippen LogP contribution in [0.5, 0.6) is 0 Å². The van der Waals surface area contributed by atoms with Crippen LogP contribution in [0.15, 0.2) is 18.1 Å². The second-order valence-corrected chi connectivity index (χ2v) is 4.07. The maximum absolute atomic E-state index is 11.4. The van der Waals surface area contributed by atoms with Gasteiger partial charge in [0.2, 0.25) is 0 Å². The van der Waals surface area contributed by atoms with E-state index < -0.39 is 11.9 Å². The summed E-state index contributed by atoms with van der Waals surface area (Å²) >= 11 is 1.38. The van der Waals surface area contributed by atoms with Gasteiger partial charge in [-0.1, -0.05) is 0 Å². The molecule has 0 spiro atoms. The number of aliphatic hydroxyl groups excluding tert-OH is 1. The van der Waals surface area contributed by atoms with E-state index in [4.69, 9.17) is 0 Å². The van der Waals surface area contributed by atoms with Crippen LogP contribution < -0.4 is 0 Å². The zero-order valence-electron chi connectivity index (χ0n) is 8.73. The average Bonchev–Trinajstić information content (AvgIpc) is 2.64. The summed E-state index contributed by atoms with van der Waals surface area (Å²) in [6.07, 6.45) is 0. The van der Waals surface area contributed by atoms with Crippen LogP contribution in [-0.4, -0.2) is 25.3 Å². The molecule has 0 aliphatic rings. The van der Waals surface area contributed by atoms with Gasteiger partial charge in [-0.15, -0.1) is 11.3 Å². The lowest BCUT2D eigenvalue weighted by Crippen LogP contribution is -2.06. The third-order valence-corrected chi connectivity index (χ3v) is 2.80. The quantitative estimate of drug-likeness (QED) is 0.489. The second-order valence-electron chi connectivity index (χ2n) is 2.79. The fourth-order valence-electron chi connectivity index (χ4n) is 1.07. The van der Waals surface area contributed by atoms with Crippen LogP contribution in [0.1, 0.15) is 9.75 Å². The van der Waals surface area contributed by atoms with Crippen molar-refractivity contribution in [3.05, 3.63) is 27.8 Å². The molecule has 15 heavy (non-hydrogen) atoms. The molecule has 0 atom stereocenters. The molecule has 1 heterocycles. The highest BCUT2D eigenvalue weighted by atomic mass is 32.1. The van der Waals surface area contributed by atoms with Crippen LogP contribution in [0.4, 0.5) is 0 Å². The first-order chi connectivity index (χ1) is 7.10. The van der Waals surface area contributed by atoms with Gasteiger partial charge in [0.25, 0.3) is 5.95 Å². The molecular formula is C10H12O4S. The number of hydrogen-bond acceptors (Lipinski definition) is 5. The second kappa shape index (κ2) is 4.84. The maximum Gasteiger partial charge on any atom is 0.346 e. The van der Waals surface area contributed by atoms with Crippen molar-refractivity contribution in [2.45, 2.75) is 6.92 Å². The van der Waals surface area contributed by atoms with Crippen molar-refractivity contribution in [2.24, 2.45) is 0 Å².